The summed E-state index contributed by atoms with van der Waals surface area (Å²) >= 11 is 0. The van der Waals surface area contributed by atoms with Gasteiger partial charge in [-0.25, -0.2) is 0 Å². The molecule has 1 aliphatic heterocycles. The highest BCUT2D eigenvalue weighted by Gasteiger charge is 2.69. The molecule has 0 aromatic carbocycles. The van der Waals surface area contributed by atoms with Crippen molar-refractivity contribution in [1.29, 1.82) is 0 Å². The summed E-state index contributed by atoms with van der Waals surface area (Å²) in [5, 5.41) is 0. The first-order valence-corrected chi connectivity index (χ1v) is 4.21. The lowest BCUT2D eigenvalue weighted by molar-refractivity contribution is -0.146. The summed E-state index contributed by atoms with van der Waals surface area (Å²) in [5.74, 6) is 0.0494. The Morgan fingerprint density at radius 1 is 1.75 bits per heavy atom. The maximum Gasteiger partial charge on any atom is 0.313 e. The molecule has 2 rings (SSSR count). The molecule has 3 atom stereocenters. The number of ether oxygens (including phenoxy) is 2. The van der Waals surface area contributed by atoms with E-state index in [-0.39, 0.29) is 23.4 Å². The zero-order valence-corrected chi connectivity index (χ0v) is 7.24. The van der Waals surface area contributed by atoms with Crippen LogP contribution in [0, 0.1) is 11.8 Å². The van der Waals surface area contributed by atoms with Gasteiger partial charge in [0.05, 0.1) is 12.9 Å². The summed E-state index contributed by atoms with van der Waals surface area (Å²) in [7, 11) is 0. The summed E-state index contributed by atoms with van der Waals surface area (Å²) in [5.41, 5.74) is -0.285. The van der Waals surface area contributed by atoms with Gasteiger partial charge in [-0.3, -0.25) is 4.79 Å². The molecule has 66 valence electrons. The van der Waals surface area contributed by atoms with Crippen molar-refractivity contribution in [3.05, 3.63) is 12.3 Å². The van der Waals surface area contributed by atoms with E-state index in [1.807, 2.05) is 19.9 Å². The molecule has 1 aliphatic carbocycles. The minimum Gasteiger partial charge on any atom is -0.494 e. The van der Waals surface area contributed by atoms with E-state index in [1.165, 1.54) is 0 Å². The van der Waals surface area contributed by atoms with Crippen molar-refractivity contribution in [3.63, 3.8) is 0 Å². The third kappa shape index (κ3) is 0.792. The first-order valence-electron chi connectivity index (χ1n) is 4.21. The zero-order chi connectivity index (χ0) is 8.77. The van der Waals surface area contributed by atoms with Crippen LogP contribution >= 0.6 is 0 Å². The van der Waals surface area contributed by atoms with Crippen LogP contribution in [0.15, 0.2) is 12.3 Å². The van der Waals surface area contributed by atoms with Crippen molar-refractivity contribution >= 4 is 5.97 Å². The standard InChI is InChI=1S/C9H12O3/c1-3-11-8(10)7-6-4-5-12-9(6,7)2/h4-7H,3H2,1-2H3/t6-,7+,9-/m0/s1. The third-order valence-electron chi connectivity index (χ3n) is 2.68. The van der Waals surface area contributed by atoms with E-state index in [0.29, 0.717) is 6.61 Å². The van der Waals surface area contributed by atoms with Gasteiger partial charge < -0.3 is 9.47 Å². The number of hydrogen-bond acceptors (Lipinski definition) is 3. The van der Waals surface area contributed by atoms with Gasteiger partial charge in [0.1, 0.15) is 11.5 Å². The van der Waals surface area contributed by atoms with Gasteiger partial charge in [-0.2, -0.15) is 0 Å². The minimum atomic E-state index is -0.285. The van der Waals surface area contributed by atoms with Gasteiger partial charge in [0.15, 0.2) is 0 Å². The van der Waals surface area contributed by atoms with E-state index in [4.69, 9.17) is 9.47 Å². The van der Waals surface area contributed by atoms with Gasteiger partial charge in [0.2, 0.25) is 0 Å². The summed E-state index contributed by atoms with van der Waals surface area (Å²) in [6, 6.07) is 0. The number of carbonyl (C=O) groups is 1. The Morgan fingerprint density at radius 2 is 2.50 bits per heavy atom. The topological polar surface area (TPSA) is 35.5 Å². The molecule has 0 spiro atoms. The van der Waals surface area contributed by atoms with E-state index < -0.39 is 0 Å². The average Bonchev–Trinajstić information content (AvgIpc) is 2.40. The van der Waals surface area contributed by atoms with Gasteiger partial charge >= 0.3 is 5.97 Å². The number of carbonyl (C=O) groups excluding carboxylic acids is 1. The quantitative estimate of drug-likeness (QED) is 0.579. The molecule has 3 nitrogen and oxygen atoms in total. The first kappa shape index (κ1) is 7.65. The Morgan fingerprint density at radius 3 is 3.00 bits per heavy atom. The number of esters is 1. The van der Waals surface area contributed by atoms with Gasteiger partial charge in [0, 0.05) is 5.92 Å². The number of hydrogen-bond donors (Lipinski definition) is 0. The van der Waals surface area contributed by atoms with Crippen LogP contribution in [-0.4, -0.2) is 18.2 Å². The van der Waals surface area contributed by atoms with Crippen molar-refractivity contribution in [1.82, 2.24) is 0 Å². The molecule has 1 fully saturated rings. The molecule has 0 unspecified atom stereocenters. The first-order chi connectivity index (χ1) is 5.70. The Labute approximate surface area is 71.3 Å². The van der Waals surface area contributed by atoms with E-state index >= 15 is 0 Å². The smallest absolute Gasteiger partial charge is 0.313 e. The predicted molar refractivity (Wildman–Crippen MR) is 42.2 cm³/mol. The molecular formula is C9H12O3. The lowest BCUT2D eigenvalue weighted by atomic mass is 10.3. The maximum atomic E-state index is 11.3. The Balaban J connectivity index is 2.02. The van der Waals surface area contributed by atoms with Crippen LogP contribution in [0.5, 0.6) is 0 Å². The van der Waals surface area contributed by atoms with Gasteiger partial charge in [0.25, 0.3) is 0 Å². The average molecular weight is 168 g/mol. The molecule has 2 aliphatic rings. The zero-order valence-electron chi connectivity index (χ0n) is 7.24. The fourth-order valence-corrected chi connectivity index (χ4v) is 1.86. The van der Waals surface area contributed by atoms with Crippen LogP contribution in [-0.2, 0) is 14.3 Å². The highest BCUT2D eigenvalue weighted by Crippen LogP contribution is 2.57. The van der Waals surface area contributed by atoms with E-state index in [9.17, 15) is 4.79 Å². The molecule has 1 saturated carbocycles. The Bertz CT molecular complexity index is 246. The van der Waals surface area contributed by atoms with Crippen LogP contribution in [0.2, 0.25) is 0 Å². The molecule has 3 heteroatoms. The van der Waals surface area contributed by atoms with Crippen molar-refractivity contribution in [2.75, 3.05) is 6.61 Å². The molecule has 0 aromatic heterocycles. The van der Waals surface area contributed by atoms with Crippen molar-refractivity contribution in [2.24, 2.45) is 11.8 Å². The van der Waals surface area contributed by atoms with E-state index in [1.54, 1.807) is 6.26 Å². The molecule has 0 radical (unpaired) electrons. The highest BCUT2D eigenvalue weighted by molar-refractivity contribution is 5.79. The molecule has 0 saturated heterocycles. The molecule has 0 aromatic rings. The van der Waals surface area contributed by atoms with Crippen LogP contribution in [0.3, 0.4) is 0 Å². The minimum absolute atomic E-state index is 0.0672. The largest absolute Gasteiger partial charge is 0.494 e. The highest BCUT2D eigenvalue weighted by atomic mass is 16.5. The van der Waals surface area contributed by atoms with E-state index in [2.05, 4.69) is 0 Å². The predicted octanol–water partition coefficient (Wildman–Crippen LogP) is 1.10. The molecule has 0 amide bonds. The van der Waals surface area contributed by atoms with Crippen LogP contribution in [0.25, 0.3) is 0 Å². The number of fused-ring (bicyclic) bond motifs is 1. The van der Waals surface area contributed by atoms with Gasteiger partial charge in [-0.05, 0) is 19.9 Å². The van der Waals surface area contributed by atoms with Crippen molar-refractivity contribution in [3.8, 4) is 0 Å². The maximum absolute atomic E-state index is 11.3. The molecule has 0 bridgehead atoms. The SMILES string of the molecule is CCOC(=O)[C@H]1[C@@H]2C=CO[C@@]21C. The monoisotopic (exact) mass is 168 g/mol. The summed E-state index contributed by atoms with van der Waals surface area (Å²) < 4.78 is 10.2. The second-order valence-electron chi connectivity index (χ2n) is 3.39. The second-order valence-corrected chi connectivity index (χ2v) is 3.39. The fourth-order valence-electron chi connectivity index (χ4n) is 1.86. The van der Waals surface area contributed by atoms with Crippen LogP contribution < -0.4 is 0 Å². The van der Waals surface area contributed by atoms with Gasteiger partial charge in [-0.1, -0.05) is 0 Å². The van der Waals surface area contributed by atoms with Crippen LogP contribution in [0.1, 0.15) is 13.8 Å². The molecule has 0 N–H and O–H groups in total. The van der Waals surface area contributed by atoms with Crippen LogP contribution in [0.4, 0.5) is 0 Å². The summed E-state index contributed by atoms with van der Waals surface area (Å²) in [4.78, 5) is 11.3. The van der Waals surface area contributed by atoms with Crippen molar-refractivity contribution < 1.29 is 14.3 Å². The Kier molecular flexibility index (Phi) is 1.43. The normalized spacial score (nSPS) is 41.8. The Hall–Kier alpha value is -0.990. The fraction of sp³-hybridized carbons (Fsp3) is 0.667. The summed E-state index contributed by atoms with van der Waals surface area (Å²) in [6.45, 7) is 4.20. The second kappa shape index (κ2) is 2.25. The van der Waals surface area contributed by atoms with Gasteiger partial charge in [-0.15, -0.1) is 0 Å². The van der Waals surface area contributed by atoms with E-state index in [0.717, 1.165) is 0 Å². The molecule has 1 heterocycles. The lowest BCUT2D eigenvalue weighted by Crippen LogP contribution is -2.16. The summed E-state index contributed by atoms with van der Waals surface area (Å²) in [6.07, 6.45) is 3.60. The molecule has 12 heavy (non-hydrogen) atoms. The van der Waals surface area contributed by atoms with Crippen molar-refractivity contribution in [2.45, 2.75) is 19.4 Å². The molecular weight excluding hydrogens is 156 g/mol. The third-order valence-corrected chi connectivity index (χ3v) is 2.68. The lowest BCUT2D eigenvalue weighted by Gasteiger charge is -2.08. The number of rotatable bonds is 2.